The zero-order valence-corrected chi connectivity index (χ0v) is 19.6. The van der Waals surface area contributed by atoms with Crippen LogP contribution < -0.4 is 5.32 Å². The van der Waals surface area contributed by atoms with Gasteiger partial charge in [-0.1, -0.05) is 6.07 Å². The molecule has 0 radical (unpaired) electrons. The zero-order valence-electron chi connectivity index (χ0n) is 18.8. The Labute approximate surface area is 193 Å². The number of hydrogen-bond acceptors (Lipinski definition) is 8. The number of rotatable bonds is 6. The van der Waals surface area contributed by atoms with Crippen molar-refractivity contribution in [3.05, 3.63) is 35.0 Å². The SMILES string of the molecule is CC(C)N1CCN(C(=O)c2csc(Nc3cccc([C@@H]4CCCN(CC#N)C4)n3)n2)CC1. The standard InChI is InChI=1S/C23H31N7OS/c1-17(2)29-11-13-30(14-12-29)22(31)20-16-32-23(26-20)27-21-7-3-6-19(25-21)18-5-4-9-28(15-18)10-8-24/h3,6-7,16-18H,4-5,9-15H2,1-2H3,(H,25,26,27)/t18-/m1/s1. The molecule has 9 heteroatoms. The number of piperazine rings is 1. The number of thiazole rings is 1. The first-order chi connectivity index (χ1) is 15.5. The van der Waals surface area contributed by atoms with E-state index >= 15 is 0 Å². The number of amides is 1. The number of carbonyl (C=O) groups excluding carboxylic acids is 1. The van der Waals surface area contributed by atoms with Crippen LogP contribution in [0, 0.1) is 11.3 Å². The Bertz CT molecular complexity index is 961. The first-order valence-corrected chi connectivity index (χ1v) is 12.2. The number of nitrogens with zero attached hydrogens (tertiary/aromatic N) is 6. The Hall–Kier alpha value is -2.54. The summed E-state index contributed by atoms with van der Waals surface area (Å²) in [5, 5.41) is 14.8. The molecule has 0 aliphatic carbocycles. The van der Waals surface area contributed by atoms with E-state index in [2.05, 4.69) is 46.1 Å². The quantitative estimate of drug-likeness (QED) is 0.672. The van der Waals surface area contributed by atoms with Crippen LogP contribution in [0.2, 0.25) is 0 Å². The number of aromatic nitrogens is 2. The number of piperidine rings is 1. The molecular formula is C23H31N7OS. The molecule has 2 fully saturated rings. The number of anilines is 2. The van der Waals surface area contributed by atoms with E-state index in [4.69, 9.17) is 10.2 Å². The van der Waals surface area contributed by atoms with Crippen LogP contribution in [0.5, 0.6) is 0 Å². The van der Waals surface area contributed by atoms with E-state index < -0.39 is 0 Å². The molecule has 0 unspecified atom stereocenters. The highest BCUT2D eigenvalue weighted by molar-refractivity contribution is 7.14. The maximum absolute atomic E-state index is 12.9. The number of nitriles is 1. The molecule has 4 heterocycles. The summed E-state index contributed by atoms with van der Waals surface area (Å²) in [6, 6.07) is 8.74. The van der Waals surface area contributed by atoms with Crippen molar-refractivity contribution >= 4 is 28.2 Å². The summed E-state index contributed by atoms with van der Waals surface area (Å²) in [5.74, 6) is 1.06. The van der Waals surface area contributed by atoms with Gasteiger partial charge in [0, 0.05) is 55.8 Å². The molecule has 32 heavy (non-hydrogen) atoms. The van der Waals surface area contributed by atoms with Crippen molar-refractivity contribution in [3.63, 3.8) is 0 Å². The molecule has 0 bridgehead atoms. The van der Waals surface area contributed by atoms with Gasteiger partial charge in [-0.15, -0.1) is 11.3 Å². The molecule has 0 saturated carbocycles. The van der Waals surface area contributed by atoms with Crippen LogP contribution in [-0.4, -0.2) is 82.4 Å². The Morgan fingerprint density at radius 2 is 2.06 bits per heavy atom. The molecule has 1 N–H and O–H groups in total. The van der Waals surface area contributed by atoms with Crippen LogP contribution in [0.4, 0.5) is 10.9 Å². The van der Waals surface area contributed by atoms with Crippen molar-refractivity contribution in [2.24, 2.45) is 0 Å². The van der Waals surface area contributed by atoms with Crippen LogP contribution in [0.1, 0.15) is 48.8 Å². The lowest BCUT2D eigenvalue weighted by molar-refractivity contribution is 0.0591. The van der Waals surface area contributed by atoms with Gasteiger partial charge >= 0.3 is 0 Å². The molecule has 2 aromatic rings. The van der Waals surface area contributed by atoms with E-state index in [1.165, 1.54) is 11.3 Å². The second-order valence-electron chi connectivity index (χ2n) is 8.76. The Balaban J connectivity index is 1.37. The highest BCUT2D eigenvalue weighted by Gasteiger charge is 2.25. The van der Waals surface area contributed by atoms with E-state index in [1.807, 2.05) is 22.4 Å². The van der Waals surface area contributed by atoms with E-state index in [9.17, 15) is 4.79 Å². The largest absolute Gasteiger partial charge is 0.335 e. The van der Waals surface area contributed by atoms with Crippen LogP contribution in [0.15, 0.2) is 23.6 Å². The molecular weight excluding hydrogens is 422 g/mol. The maximum atomic E-state index is 12.9. The average Bonchev–Trinajstić information content (AvgIpc) is 3.27. The van der Waals surface area contributed by atoms with Crippen molar-refractivity contribution in [2.75, 3.05) is 51.1 Å². The summed E-state index contributed by atoms with van der Waals surface area (Å²) in [6.45, 7) is 9.98. The normalized spacial score (nSPS) is 20.3. The molecule has 1 amide bonds. The van der Waals surface area contributed by atoms with Gasteiger partial charge in [-0.2, -0.15) is 5.26 Å². The highest BCUT2D eigenvalue weighted by atomic mass is 32.1. The van der Waals surface area contributed by atoms with Crippen molar-refractivity contribution in [3.8, 4) is 6.07 Å². The summed E-state index contributed by atoms with van der Waals surface area (Å²) in [7, 11) is 0. The fourth-order valence-electron chi connectivity index (χ4n) is 4.43. The molecule has 2 aliphatic rings. The molecule has 2 aliphatic heterocycles. The van der Waals surface area contributed by atoms with Crippen molar-refractivity contribution in [1.29, 1.82) is 5.26 Å². The molecule has 4 rings (SSSR count). The van der Waals surface area contributed by atoms with E-state index in [1.54, 1.807) is 0 Å². The van der Waals surface area contributed by atoms with E-state index in [0.29, 0.717) is 29.3 Å². The van der Waals surface area contributed by atoms with Crippen molar-refractivity contribution in [1.82, 2.24) is 24.7 Å². The summed E-state index contributed by atoms with van der Waals surface area (Å²) in [5.41, 5.74) is 1.53. The molecule has 2 saturated heterocycles. The smallest absolute Gasteiger partial charge is 0.273 e. The lowest BCUT2D eigenvalue weighted by Crippen LogP contribution is -2.50. The molecule has 2 aromatic heterocycles. The topological polar surface area (TPSA) is 88.4 Å². The predicted octanol–water partition coefficient (Wildman–Crippen LogP) is 3.15. The number of hydrogen-bond donors (Lipinski definition) is 1. The minimum Gasteiger partial charge on any atom is -0.335 e. The number of nitrogens with one attached hydrogen (secondary N) is 1. The Morgan fingerprint density at radius 3 is 2.81 bits per heavy atom. The van der Waals surface area contributed by atoms with Gasteiger partial charge in [0.2, 0.25) is 0 Å². The summed E-state index contributed by atoms with van der Waals surface area (Å²) in [4.78, 5) is 28.7. The molecule has 1 atom stereocenters. The van der Waals surface area contributed by atoms with Gasteiger partial charge in [-0.25, -0.2) is 9.97 Å². The summed E-state index contributed by atoms with van der Waals surface area (Å²) in [6.07, 6.45) is 2.16. The van der Waals surface area contributed by atoms with Crippen LogP contribution in [-0.2, 0) is 0 Å². The third-order valence-corrected chi connectivity index (χ3v) is 7.04. The van der Waals surface area contributed by atoms with Crippen LogP contribution in [0.25, 0.3) is 0 Å². The van der Waals surface area contributed by atoms with Gasteiger partial charge < -0.3 is 10.2 Å². The van der Waals surface area contributed by atoms with E-state index in [0.717, 1.165) is 63.6 Å². The third-order valence-electron chi connectivity index (χ3n) is 6.28. The van der Waals surface area contributed by atoms with Crippen LogP contribution in [0.3, 0.4) is 0 Å². The lowest BCUT2D eigenvalue weighted by Gasteiger charge is -2.36. The highest BCUT2D eigenvalue weighted by Crippen LogP contribution is 2.27. The van der Waals surface area contributed by atoms with Gasteiger partial charge in [-0.05, 0) is 45.4 Å². The van der Waals surface area contributed by atoms with Gasteiger partial charge in [0.1, 0.15) is 11.5 Å². The Kier molecular flexibility index (Phi) is 7.35. The Morgan fingerprint density at radius 1 is 1.25 bits per heavy atom. The number of likely N-dealkylation sites (tertiary alicyclic amines) is 1. The maximum Gasteiger partial charge on any atom is 0.273 e. The number of carbonyl (C=O) groups is 1. The van der Waals surface area contributed by atoms with Gasteiger partial charge in [-0.3, -0.25) is 14.6 Å². The van der Waals surface area contributed by atoms with Crippen LogP contribution >= 0.6 is 11.3 Å². The fourth-order valence-corrected chi connectivity index (χ4v) is 5.12. The monoisotopic (exact) mass is 453 g/mol. The van der Waals surface area contributed by atoms with Gasteiger partial charge in [0.15, 0.2) is 5.13 Å². The molecule has 0 aromatic carbocycles. The minimum absolute atomic E-state index is 0.000735. The van der Waals surface area contributed by atoms with Crippen molar-refractivity contribution in [2.45, 2.75) is 38.6 Å². The fraction of sp³-hybridized carbons (Fsp3) is 0.565. The lowest BCUT2D eigenvalue weighted by atomic mass is 9.94. The average molecular weight is 454 g/mol. The van der Waals surface area contributed by atoms with E-state index in [-0.39, 0.29) is 5.91 Å². The van der Waals surface area contributed by atoms with Gasteiger partial charge in [0.05, 0.1) is 12.6 Å². The zero-order chi connectivity index (χ0) is 22.5. The first-order valence-electron chi connectivity index (χ1n) is 11.4. The predicted molar refractivity (Wildman–Crippen MR) is 126 cm³/mol. The minimum atomic E-state index is -0.000735. The number of pyridine rings is 1. The second kappa shape index (κ2) is 10.4. The molecule has 0 spiro atoms. The first kappa shape index (κ1) is 22.6. The molecule has 170 valence electrons. The van der Waals surface area contributed by atoms with Crippen molar-refractivity contribution < 1.29 is 4.79 Å². The third kappa shape index (κ3) is 5.44. The molecule has 8 nitrogen and oxygen atoms in total. The second-order valence-corrected chi connectivity index (χ2v) is 9.62. The summed E-state index contributed by atoms with van der Waals surface area (Å²) >= 11 is 1.43. The summed E-state index contributed by atoms with van der Waals surface area (Å²) < 4.78 is 0. The van der Waals surface area contributed by atoms with Gasteiger partial charge in [0.25, 0.3) is 5.91 Å².